The molecule has 1 aromatic carbocycles. The Labute approximate surface area is 120 Å². The molecule has 0 saturated heterocycles. The number of amides is 1. The molecule has 0 fully saturated rings. The van der Waals surface area contributed by atoms with Gasteiger partial charge in [0.25, 0.3) is 5.91 Å². The van der Waals surface area contributed by atoms with Gasteiger partial charge >= 0.3 is 0 Å². The van der Waals surface area contributed by atoms with E-state index >= 15 is 0 Å². The Hall–Kier alpha value is -1.22. The number of nitrogens with one attached hydrogen (secondary N) is 1. The maximum absolute atomic E-state index is 11.7. The fourth-order valence-electron chi connectivity index (χ4n) is 1.77. The number of hydrogen-bond donors (Lipinski definition) is 1. The molecule has 106 valence electrons. The molecule has 0 heterocycles. The number of benzene rings is 1. The van der Waals surface area contributed by atoms with Gasteiger partial charge in [-0.2, -0.15) is 0 Å². The van der Waals surface area contributed by atoms with Crippen LogP contribution in [0.5, 0.6) is 5.75 Å². The summed E-state index contributed by atoms with van der Waals surface area (Å²) in [5.41, 5.74) is 0. The van der Waals surface area contributed by atoms with E-state index in [1.165, 1.54) is 12.8 Å². The van der Waals surface area contributed by atoms with E-state index in [-0.39, 0.29) is 18.6 Å². The van der Waals surface area contributed by atoms with Crippen molar-refractivity contribution in [3.63, 3.8) is 0 Å². The number of rotatable bonds is 8. The van der Waals surface area contributed by atoms with Crippen molar-refractivity contribution in [3.8, 4) is 5.75 Å². The van der Waals surface area contributed by atoms with Crippen LogP contribution >= 0.6 is 11.6 Å². The number of carbonyl (C=O) groups excluding carboxylic acids is 1. The minimum absolute atomic E-state index is 0.0414. The molecule has 1 N–H and O–H groups in total. The molecule has 0 aliphatic heterocycles. The highest BCUT2D eigenvalue weighted by Crippen LogP contribution is 2.15. The van der Waals surface area contributed by atoms with Crippen molar-refractivity contribution in [2.24, 2.45) is 0 Å². The highest BCUT2D eigenvalue weighted by Gasteiger charge is 2.07. The van der Waals surface area contributed by atoms with Crippen LogP contribution in [0, 0.1) is 0 Å². The van der Waals surface area contributed by atoms with E-state index in [0.29, 0.717) is 10.8 Å². The van der Waals surface area contributed by atoms with E-state index in [1.54, 1.807) is 24.3 Å². The van der Waals surface area contributed by atoms with Gasteiger partial charge < -0.3 is 10.1 Å². The molecule has 3 nitrogen and oxygen atoms in total. The van der Waals surface area contributed by atoms with Crippen molar-refractivity contribution in [1.29, 1.82) is 0 Å². The van der Waals surface area contributed by atoms with E-state index in [1.807, 2.05) is 6.92 Å². The van der Waals surface area contributed by atoms with Crippen molar-refractivity contribution in [2.45, 2.75) is 45.6 Å². The van der Waals surface area contributed by atoms with Gasteiger partial charge in [0.1, 0.15) is 5.75 Å². The molecule has 1 amide bonds. The van der Waals surface area contributed by atoms with Crippen LogP contribution < -0.4 is 10.1 Å². The van der Waals surface area contributed by atoms with Crippen LogP contribution in [-0.2, 0) is 4.79 Å². The number of hydrogen-bond acceptors (Lipinski definition) is 2. The standard InChI is InChI=1S/C15H22ClNO2/c1-3-4-5-6-12(2)17-15(18)11-19-14-9-7-13(16)8-10-14/h7-10,12H,3-6,11H2,1-2H3,(H,17,18)/t12-/m0/s1. The Bertz CT molecular complexity index is 378. The van der Waals surface area contributed by atoms with Crippen LogP contribution in [0.25, 0.3) is 0 Å². The van der Waals surface area contributed by atoms with E-state index in [2.05, 4.69) is 12.2 Å². The molecule has 1 atom stereocenters. The van der Waals surface area contributed by atoms with Crippen LogP contribution in [0.1, 0.15) is 39.5 Å². The monoisotopic (exact) mass is 283 g/mol. The number of ether oxygens (including phenoxy) is 1. The van der Waals surface area contributed by atoms with Crippen molar-refractivity contribution < 1.29 is 9.53 Å². The van der Waals surface area contributed by atoms with Crippen LogP contribution in [0.15, 0.2) is 24.3 Å². The largest absolute Gasteiger partial charge is 0.484 e. The molecule has 0 radical (unpaired) electrons. The second-order valence-electron chi connectivity index (χ2n) is 4.71. The smallest absolute Gasteiger partial charge is 0.258 e. The first-order valence-electron chi connectivity index (χ1n) is 6.79. The minimum atomic E-state index is -0.0843. The lowest BCUT2D eigenvalue weighted by atomic mass is 10.1. The summed E-state index contributed by atoms with van der Waals surface area (Å²) >= 11 is 5.77. The van der Waals surface area contributed by atoms with Crippen molar-refractivity contribution in [1.82, 2.24) is 5.32 Å². The van der Waals surface area contributed by atoms with Gasteiger partial charge in [-0.25, -0.2) is 0 Å². The van der Waals surface area contributed by atoms with Gasteiger partial charge in [-0.05, 0) is 37.6 Å². The second-order valence-corrected chi connectivity index (χ2v) is 5.14. The summed E-state index contributed by atoms with van der Waals surface area (Å²) in [4.78, 5) is 11.7. The number of carbonyl (C=O) groups is 1. The molecule has 4 heteroatoms. The maximum Gasteiger partial charge on any atom is 0.258 e. The average Bonchev–Trinajstić information content (AvgIpc) is 2.38. The summed E-state index contributed by atoms with van der Waals surface area (Å²) in [5.74, 6) is 0.567. The van der Waals surface area contributed by atoms with Crippen LogP contribution in [0.4, 0.5) is 0 Å². The normalized spacial score (nSPS) is 11.9. The first-order chi connectivity index (χ1) is 9.11. The molecule has 1 aromatic rings. The first kappa shape index (κ1) is 15.8. The van der Waals surface area contributed by atoms with Gasteiger partial charge in [-0.3, -0.25) is 4.79 Å². The Morgan fingerprint density at radius 2 is 2.00 bits per heavy atom. The van der Waals surface area contributed by atoms with E-state index in [0.717, 1.165) is 12.8 Å². The molecule has 0 spiro atoms. The molecule has 1 rings (SSSR count). The summed E-state index contributed by atoms with van der Waals surface area (Å²) in [7, 11) is 0. The van der Waals surface area contributed by atoms with Crippen molar-refractivity contribution >= 4 is 17.5 Å². The predicted molar refractivity (Wildman–Crippen MR) is 78.7 cm³/mol. The van der Waals surface area contributed by atoms with E-state index in [4.69, 9.17) is 16.3 Å². The van der Waals surface area contributed by atoms with E-state index < -0.39 is 0 Å². The van der Waals surface area contributed by atoms with Gasteiger partial charge in [0.05, 0.1) is 0 Å². The van der Waals surface area contributed by atoms with Crippen LogP contribution in [-0.4, -0.2) is 18.6 Å². The van der Waals surface area contributed by atoms with Crippen LogP contribution in [0.3, 0.4) is 0 Å². The third kappa shape index (κ3) is 7.06. The quantitative estimate of drug-likeness (QED) is 0.737. The van der Waals surface area contributed by atoms with Gasteiger partial charge in [0, 0.05) is 11.1 Å². The third-order valence-corrected chi connectivity index (χ3v) is 3.08. The van der Waals surface area contributed by atoms with Crippen molar-refractivity contribution in [3.05, 3.63) is 29.3 Å². The topological polar surface area (TPSA) is 38.3 Å². The summed E-state index contributed by atoms with van der Waals surface area (Å²) in [6.07, 6.45) is 4.57. The van der Waals surface area contributed by atoms with Gasteiger partial charge in [0.15, 0.2) is 6.61 Å². The molecule has 0 saturated carbocycles. The zero-order chi connectivity index (χ0) is 14.1. The molecule has 19 heavy (non-hydrogen) atoms. The highest BCUT2D eigenvalue weighted by atomic mass is 35.5. The van der Waals surface area contributed by atoms with Gasteiger partial charge in [0.2, 0.25) is 0 Å². The van der Waals surface area contributed by atoms with Gasteiger partial charge in [-0.15, -0.1) is 0 Å². The third-order valence-electron chi connectivity index (χ3n) is 2.83. The molecule has 0 aromatic heterocycles. The summed E-state index contributed by atoms with van der Waals surface area (Å²) in [6.45, 7) is 4.23. The Morgan fingerprint density at radius 3 is 2.63 bits per heavy atom. The first-order valence-corrected chi connectivity index (χ1v) is 7.17. The Kier molecular flexibility index (Phi) is 7.34. The van der Waals surface area contributed by atoms with Crippen molar-refractivity contribution in [2.75, 3.05) is 6.61 Å². The maximum atomic E-state index is 11.7. The molecule has 0 bridgehead atoms. The zero-order valence-corrected chi connectivity index (χ0v) is 12.4. The lowest BCUT2D eigenvalue weighted by molar-refractivity contribution is -0.123. The fourth-order valence-corrected chi connectivity index (χ4v) is 1.89. The van der Waals surface area contributed by atoms with Crippen LogP contribution in [0.2, 0.25) is 5.02 Å². The zero-order valence-electron chi connectivity index (χ0n) is 11.6. The molecular formula is C15H22ClNO2. The lowest BCUT2D eigenvalue weighted by Gasteiger charge is -2.14. The number of unbranched alkanes of at least 4 members (excludes halogenated alkanes) is 2. The van der Waals surface area contributed by atoms with Gasteiger partial charge in [-0.1, -0.05) is 37.8 Å². The van der Waals surface area contributed by atoms with E-state index in [9.17, 15) is 4.79 Å². The summed E-state index contributed by atoms with van der Waals surface area (Å²) in [6, 6.07) is 7.18. The second kappa shape index (κ2) is 8.81. The summed E-state index contributed by atoms with van der Waals surface area (Å²) in [5, 5.41) is 3.58. The Balaban J connectivity index is 2.22. The average molecular weight is 284 g/mol. The molecular weight excluding hydrogens is 262 g/mol. The SMILES string of the molecule is CCCCC[C@H](C)NC(=O)COc1ccc(Cl)cc1. The molecule has 0 unspecified atom stereocenters. The molecule has 0 aliphatic carbocycles. The minimum Gasteiger partial charge on any atom is -0.484 e. The molecule has 0 aliphatic rings. The summed E-state index contributed by atoms with van der Waals surface area (Å²) < 4.78 is 5.38. The highest BCUT2D eigenvalue weighted by molar-refractivity contribution is 6.30. The Morgan fingerprint density at radius 1 is 1.32 bits per heavy atom. The number of halogens is 1. The predicted octanol–water partition coefficient (Wildman–Crippen LogP) is 3.80. The fraction of sp³-hybridized carbons (Fsp3) is 0.533. The lowest BCUT2D eigenvalue weighted by Crippen LogP contribution is -2.36.